The summed E-state index contributed by atoms with van der Waals surface area (Å²) in [6.45, 7) is 3.79. The van der Waals surface area contributed by atoms with Crippen LogP contribution in [-0.4, -0.2) is 7.11 Å². The number of hydrogen-bond acceptors (Lipinski definition) is 2. The molecular weight excluding hydrogens is 260 g/mol. The summed E-state index contributed by atoms with van der Waals surface area (Å²) < 4.78 is 31.4. The van der Waals surface area contributed by atoms with Gasteiger partial charge in [0.05, 0.1) is 7.11 Å². The molecule has 2 rings (SSSR count). The van der Waals surface area contributed by atoms with E-state index >= 15 is 0 Å². The minimum absolute atomic E-state index is 0.0475. The van der Waals surface area contributed by atoms with E-state index in [1.807, 2.05) is 13.8 Å². The molecule has 0 heterocycles. The SMILES string of the molecule is COc1cc(C(C)Nc2ccc(F)cc2C)ccc1F. The average molecular weight is 277 g/mol. The number of aryl methyl sites for hydroxylation is 1. The molecule has 4 heteroatoms. The van der Waals surface area contributed by atoms with Gasteiger partial charge < -0.3 is 10.1 Å². The van der Waals surface area contributed by atoms with Crippen LogP contribution in [0.25, 0.3) is 0 Å². The van der Waals surface area contributed by atoms with Gasteiger partial charge in [-0.2, -0.15) is 0 Å². The highest BCUT2D eigenvalue weighted by Gasteiger charge is 2.10. The van der Waals surface area contributed by atoms with E-state index in [0.717, 1.165) is 16.8 Å². The van der Waals surface area contributed by atoms with Gasteiger partial charge in [-0.05, 0) is 55.3 Å². The average Bonchev–Trinajstić information content (AvgIpc) is 2.42. The van der Waals surface area contributed by atoms with Crippen LogP contribution >= 0.6 is 0 Å². The second-order valence-electron chi connectivity index (χ2n) is 4.72. The van der Waals surface area contributed by atoms with Crippen molar-refractivity contribution < 1.29 is 13.5 Å². The fourth-order valence-corrected chi connectivity index (χ4v) is 2.05. The van der Waals surface area contributed by atoms with Crippen molar-refractivity contribution in [1.82, 2.24) is 0 Å². The third-order valence-electron chi connectivity index (χ3n) is 3.24. The summed E-state index contributed by atoms with van der Waals surface area (Å²) in [5, 5.41) is 3.28. The smallest absolute Gasteiger partial charge is 0.165 e. The predicted molar refractivity (Wildman–Crippen MR) is 76.1 cm³/mol. The number of rotatable bonds is 4. The van der Waals surface area contributed by atoms with Gasteiger partial charge in [-0.1, -0.05) is 6.07 Å². The van der Waals surface area contributed by atoms with E-state index in [2.05, 4.69) is 5.32 Å². The molecule has 0 spiro atoms. The van der Waals surface area contributed by atoms with E-state index in [-0.39, 0.29) is 23.4 Å². The molecular formula is C16H17F2NO. The van der Waals surface area contributed by atoms with Crippen LogP contribution < -0.4 is 10.1 Å². The van der Waals surface area contributed by atoms with Gasteiger partial charge in [-0.3, -0.25) is 0 Å². The zero-order valence-electron chi connectivity index (χ0n) is 11.7. The Hall–Kier alpha value is -2.10. The van der Waals surface area contributed by atoms with Crippen molar-refractivity contribution in [1.29, 1.82) is 0 Å². The Morgan fingerprint density at radius 1 is 1.10 bits per heavy atom. The van der Waals surface area contributed by atoms with Crippen LogP contribution in [0.4, 0.5) is 14.5 Å². The highest BCUT2D eigenvalue weighted by Crippen LogP contribution is 2.26. The maximum Gasteiger partial charge on any atom is 0.165 e. The van der Waals surface area contributed by atoms with E-state index < -0.39 is 0 Å². The maximum absolute atomic E-state index is 13.4. The van der Waals surface area contributed by atoms with E-state index in [4.69, 9.17) is 4.74 Å². The van der Waals surface area contributed by atoms with Crippen molar-refractivity contribution in [2.24, 2.45) is 0 Å². The van der Waals surface area contributed by atoms with Crippen LogP contribution in [0.3, 0.4) is 0 Å². The summed E-state index contributed by atoms with van der Waals surface area (Å²) in [5.74, 6) is -0.433. The first-order valence-corrected chi connectivity index (χ1v) is 6.37. The summed E-state index contributed by atoms with van der Waals surface area (Å²) in [6.07, 6.45) is 0. The third-order valence-corrected chi connectivity index (χ3v) is 3.24. The maximum atomic E-state index is 13.4. The van der Waals surface area contributed by atoms with Crippen molar-refractivity contribution in [3.63, 3.8) is 0 Å². The van der Waals surface area contributed by atoms with Gasteiger partial charge in [0.25, 0.3) is 0 Å². The molecule has 0 bridgehead atoms. The van der Waals surface area contributed by atoms with Crippen molar-refractivity contribution in [2.45, 2.75) is 19.9 Å². The molecule has 2 aromatic rings. The van der Waals surface area contributed by atoms with Crippen molar-refractivity contribution in [2.75, 3.05) is 12.4 Å². The normalized spacial score (nSPS) is 12.1. The van der Waals surface area contributed by atoms with Gasteiger partial charge in [0, 0.05) is 11.7 Å². The van der Waals surface area contributed by atoms with Crippen LogP contribution in [0.2, 0.25) is 0 Å². The van der Waals surface area contributed by atoms with Crippen molar-refractivity contribution in [3.05, 3.63) is 59.2 Å². The number of nitrogens with one attached hydrogen (secondary N) is 1. The molecule has 0 radical (unpaired) electrons. The minimum atomic E-state index is -0.388. The van der Waals surface area contributed by atoms with Crippen LogP contribution in [0, 0.1) is 18.6 Å². The molecule has 0 saturated heterocycles. The molecule has 0 saturated carbocycles. The van der Waals surface area contributed by atoms with Gasteiger partial charge in [0.1, 0.15) is 5.82 Å². The second kappa shape index (κ2) is 5.90. The summed E-state index contributed by atoms with van der Waals surface area (Å²) in [4.78, 5) is 0. The van der Waals surface area contributed by atoms with Crippen molar-refractivity contribution >= 4 is 5.69 Å². The summed E-state index contributed by atoms with van der Waals surface area (Å²) in [6, 6.07) is 9.27. The monoisotopic (exact) mass is 277 g/mol. The number of halogens is 2. The molecule has 2 aromatic carbocycles. The first-order chi connectivity index (χ1) is 9.51. The van der Waals surface area contributed by atoms with Gasteiger partial charge in [-0.25, -0.2) is 8.78 Å². The topological polar surface area (TPSA) is 21.3 Å². The number of hydrogen-bond donors (Lipinski definition) is 1. The fourth-order valence-electron chi connectivity index (χ4n) is 2.05. The largest absolute Gasteiger partial charge is 0.494 e. The number of anilines is 1. The molecule has 1 atom stereocenters. The van der Waals surface area contributed by atoms with Gasteiger partial charge in [-0.15, -0.1) is 0 Å². The molecule has 2 nitrogen and oxygen atoms in total. The van der Waals surface area contributed by atoms with Gasteiger partial charge in [0.15, 0.2) is 11.6 Å². The lowest BCUT2D eigenvalue weighted by Gasteiger charge is -2.18. The van der Waals surface area contributed by atoms with Crippen LogP contribution in [0.15, 0.2) is 36.4 Å². The molecule has 106 valence electrons. The Morgan fingerprint density at radius 2 is 1.85 bits per heavy atom. The highest BCUT2D eigenvalue weighted by atomic mass is 19.1. The number of ether oxygens (including phenoxy) is 1. The lowest BCUT2D eigenvalue weighted by atomic mass is 10.1. The summed E-state index contributed by atoms with van der Waals surface area (Å²) >= 11 is 0. The Morgan fingerprint density at radius 3 is 2.50 bits per heavy atom. The molecule has 1 unspecified atom stereocenters. The summed E-state index contributed by atoms with van der Waals surface area (Å²) in [5.41, 5.74) is 2.57. The lowest BCUT2D eigenvalue weighted by molar-refractivity contribution is 0.385. The highest BCUT2D eigenvalue weighted by molar-refractivity contribution is 5.52. The van der Waals surface area contributed by atoms with Crippen molar-refractivity contribution in [3.8, 4) is 5.75 Å². The molecule has 0 aliphatic heterocycles. The van der Waals surface area contributed by atoms with E-state index in [1.54, 1.807) is 18.2 Å². The number of benzene rings is 2. The molecule has 1 N–H and O–H groups in total. The Labute approximate surface area is 117 Å². The standard InChI is InChI=1S/C16H17F2NO/c1-10-8-13(17)5-7-15(10)19-11(2)12-4-6-14(18)16(9-12)20-3/h4-9,11,19H,1-3H3. The van der Waals surface area contributed by atoms with Gasteiger partial charge in [0.2, 0.25) is 0 Å². The molecule has 0 aliphatic rings. The molecule has 0 fully saturated rings. The van der Waals surface area contributed by atoms with E-state index in [9.17, 15) is 8.78 Å². The van der Waals surface area contributed by atoms with Gasteiger partial charge >= 0.3 is 0 Å². The van der Waals surface area contributed by atoms with E-state index in [1.165, 1.54) is 25.3 Å². The Bertz CT molecular complexity index is 613. The summed E-state index contributed by atoms with van der Waals surface area (Å²) in [7, 11) is 1.43. The molecule has 0 aliphatic carbocycles. The molecule has 0 amide bonds. The minimum Gasteiger partial charge on any atom is -0.494 e. The predicted octanol–water partition coefficient (Wildman–Crippen LogP) is 4.45. The Kier molecular flexibility index (Phi) is 4.23. The third kappa shape index (κ3) is 3.07. The van der Waals surface area contributed by atoms with Crippen LogP contribution in [0.1, 0.15) is 24.1 Å². The fraction of sp³-hybridized carbons (Fsp3) is 0.250. The quantitative estimate of drug-likeness (QED) is 0.891. The first kappa shape index (κ1) is 14.3. The van der Waals surface area contributed by atoms with E-state index in [0.29, 0.717) is 0 Å². The lowest BCUT2D eigenvalue weighted by Crippen LogP contribution is -2.08. The molecule has 20 heavy (non-hydrogen) atoms. The first-order valence-electron chi connectivity index (χ1n) is 6.37. The number of methoxy groups -OCH3 is 1. The second-order valence-corrected chi connectivity index (χ2v) is 4.72. The van der Waals surface area contributed by atoms with Crippen LogP contribution in [-0.2, 0) is 0 Å². The zero-order valence-corrected chi connectivity index (χ0v) is 11.7. The van der Waals surface area contributed by atoms with Crippen LogP contribution in [0.5, 0.6) is 5.75 Å². The molecule has 0 aromatic heterocycles. The Balaban J connectivity index is 2.21. The zero-order chi connectivity index (χ0) is 14.7.